The van der Waals surface area contributed by atoms with Crippen LogP contribution in [0.3, 0.4) is 0 Å². The van der Waals surface area contributed by atoms with Crippen molar-refractivity contribution in [3.05, 3.63) is 53.2 Å². The Morgan fingerprint density at radius 3 is 2.83 bits per heavy atom. The number of nitrogens with zero attached hydrogens (tertiary/aromatic N) is 1. The first kappa shape index (κ1) is 17.5. The second-order valence-electron chi connectivity index (χ2n) is 5.61. The van der Waals surface area contributed by atoms with Crippen LogP contribution in [0.1, 0.15) is 34.8 Å². The molecule has 1 amide bonds. The monoisotopic (exact) mass is 330 g/mol. The van der Waals surface area contributed by atoms with Crippen LogP contribution in [0.5, 0.6) is 0 Å². The smallest absolute Gasteiger partial charge is 0.254 e. The van der Waals surface area contributed by atoms with Gasteiger partial charge in [-0.05, 0) is 51.0 Å². The lowest BCUT2D eigenvalue weighted by molar-refractivity contribution is 0.0930. The van der Waals surface area contributed by atoms with Crippen LogP contribution in [0.2, 0.25) is 0 Å². The maximum atomic E-state index is 12.4. The summed E-state index contributed by atoms with van der Waals surface area (Å²) in [5, 5.41) is 12.5. The van der Waals surface area contributed by atoms with Gasteiger partial charge in [0.1, 0.15) is 5.03 Å². The molecule has 0 saturated heterocycles. The Balaban J connectivity index is 2.21. The lowest BCUT2D eigenvalue weighted by atomic mass is 10.2. The SMILES string of the molecule is Cc1ccc(Sc2ncccc2C(=O)N[C@H](C)CCO)c(C)c1. The van der Waals surface area contributed by atoms with Crippen molar-refractivity contribution in [1.82, 2.24) is 10.3 Å². The number of hydrogen-bond acceptors (Lipinski definition) is 4. The summed E-state index contributed by atoms with van der Waals surface area (Å²) in [7, 11) is 0. The van der Waals surface area contributed by atoms with E-state index in [0.29, 0.717) is 17.0 Å². The van der Waals surface area contributed by atoms with E-state index in [2.05, 4.69) is 42.3 Å². The molecular formula is C18H22N2O2S. The predicted molar refractivity (Wildman–Crippen MR) is 92.9 cm³/mol. The van der Waals surface area contributed by atoms with Crippen molar-refractivity contribution in [3.63, 3.8) is 0 Å². The van der Waals surface area contributed by atoms with Gasteiger partial charge in [0.25, 0.3) is 5.91 Å². The number of nitrogens with one attached hydrogen (secondary N) is 1. The van der Waals surface area contributed by atoms with E-state index >= 15 is 0 Å². The minimum atomic E-state index is -0.161. The maximum absolute atomic E-state index is 12.4. The van der Waals surface area contributed by atoms with Crippen molar-refractivity contribution in [3.8, 4) is 0 Å². The number of aliphatic hydroxyl groups is 1. The highest BCUT2D eigenvalue weighted by Crippen LogP contribution is 2.31. The zero-order valence-corrected chi connectivity index (χ0v) is 14.5. The lowest BCUT2D eigenvalue weighted by Crippen LogP contribution is -2.33. The van der Waals surface area contributed by atoms with Gasteiger partial charge < -0.3 is 10.4 Å². The first-order valence-electron chi connectivity index (χ1n) is 7.63. The minimum Gasteiger partial charge on any atom is -0.396 e. The summed E-state index contributed by atoms with van der Waals surface area (Å²) in [6.07, 6.45) is 2.23. The molecule has 2 N–H and O–H groups in total. The summed E-state index contributed by atoms with van der Waals surface area (Å²) in [5.41, 5.74) is 2.94. The molecule has 0 radical (unpaired) electrons. The molecule has 0 aliphatic rings. The van der Waals surface area contributed by atoms with Crippen LogP contribution in [-0.4, -0.2) is 28.6 Å². The number of hydrogen-bond donors (Lipinski definition) is 2. The molecule has 5 heteroatoms. The third kappa shape index (κ3) is 4.81. The van der Waals surface area contributed by atoms with Gasteiger partial charge in [0.15, 0.2) is 0 Å². The van der Waals surface area contributed by atoms with Crippen LogP contribution in [0.4, 0.5) is 0 Å². The summed E-state index contributed by atoms with van der Waals surface area (Å²) in [6.45, 7) is 6.05. The van der Waals surface area contributed by atoms with Crippen LogP contribution in [0.25, 0.3) is 0 Å². The Morgan fingerprint density at radius 2 is 2.13 bits per heavy atom. The van der Waals surface area contributed by atoms with Crippen molar-refractivity contribution < 1.29 is 9.90 Å². The van der Waals surface area contributed by atoms with Crippen LogP contribution in [0.15, 0.2) is 46.5 Å². The zero-order valence-electron chi connectivity index (χ0n) is 13.7. The first-order valence-corrected chi connectivity index (χ1v) is 8.44. The second-order valence-corrected chi connectivity index (χ2v) is 6.64. The first-order chi connectivity index (χ1) is 11.0. The van der Waals surface area contributed by atoms with Gasteiger partial charge in [-0.25, -0.2) is 4.98 Å². The van der Waals surface area contributed by atoms with E-state index in [4.69, 9.17) is 5.11 Å². The molecule has 23 heavy (non-hydrogen) atoms. The summed E-state index contributed by atoms with van der Waals surface area (Å²) in [5.74, 6) is -0.161. The quantitative estimate of drug-likeness (QED) is 0.852. The molecule has 2 aromatic rings. The summed E-state index contributed by atoms with van der Waals surface area (Å²) >= 11 is 1.50. The van der Waals surface area contributed by atoms with Crippen molar-refractivity contribution >= 4 is 17.7 Å². The largest absolute Gasteiger partial charge is 0.396 e. The lowest BCUT2D eigenvalue weighted by Gasteiger charge is -2.14. The van der Waals surface area contributed by atoms with Crippen molar-refractivity contribution in [2.75, 3.05) is 6.61 Å². The van der Waals surface area contributed by atoms with Gasteiger partial charge in [-0.2, -0.15) is 0 Å². The second kappa shape index (κ2) is 8.13. The molecule has 4 nitrogen and oxygen atoms in total. The molecule has 0 fully saturated rings. The molecule has 1 aromatic heterocycles. The predicted octanol–water partition coefficient (Wildman–Crippen LogP) is 3.35. The van der Waals surface area contributed by atoms with Crippen molar-refractivity contribution in [2.24, 2.45) is 0 Å². The van der Waals surface area contributed by atoms with E-state index in [9.17, 15) is 4.79 Å². The highest BCUT2D eigenvalue weighted by molar-refractivity contribution is 7.99. The molecular weight excluding hydrogens is 308 g/mol. The number of rotatable bonds is 6. The third-order valence-corrected chi connectivity index (χ3v) is 4.69. The summed E-state index contributed by atoms with van der Waals surface area (Å²) in [6, 6.07) is 9.69. The number of aryl methyl sites for hydroxylation is 2. The fraction of sp³-hybridized carbons (Fsp3) is 0.333. The Morgan fingerprint density at radius 1 is 1.35 bits per heavy atom. The van der Waals surface area contributed by atoms with Crippen molar-refractivity contribution in [2.45, 2.75) is 43.2 Å². The third-order valence-electron chi connectivity index (χ3n) is 3.49. The van der Waals surface area contributed by atoms with Crippen LogP contribution in [0, 0.1) is 13.8 Å². The molecule has 0 aliphatic heterocycles. The molecule has 0 bridgehead atoms. The molecule has 1 heterocycles. The molecule has 2 rings (SSSR count). The van der Waals surface area contributed by atoms with E-state index in [-0.39, 0.29) is 18.6 Å². The van der Waals surface area contributed by atoms with Gasteiger partial charge in [-0.1, -0.05) is 29.5 Å². The van der Waals surface area contributed by atoms with Gasteiger partial charge in [0.2, 0.25) is 0 Å². The van der Waals surface area contributed by atoms with E-state index in [0.717, 1.165) is 4.90 Å². The fourth-order valence-corrected chi connectivity index (χ4v) is 3.18. The molecule has 0 spiro atoms. The Bertz CT molecular complexity index is 688. The summed E-state index contributed by atoms with van der Waals surface area (Å²) in [4.78, 5) is 17.9. The van der Waals surface area contributed by atoms with Crippen molar-refractivity contribution in [1.29, 1.82) is 0 Å². The highest BCUT2D eigenvalue weighted by Gasteiger charge is 2.16. The van der Waals surface area contributed by atoms with E-state index in [1.807, 2.05) is 6.92 Å². The fourth-order valence-electron chi connectivity index (χ4n) is 2.23. The van der Waals surface area contributed by atoms with Crippen LogP contribution < -0.4 is 5.32 Å². The maximum Gasteiger partial charge on any atom is 0.254 e. The highest BCUT2D eigenvalue weighted by atomic mass is 32.2. The topological polar surface area (TPSA) is 62.2 Å². The average Bonchev–Trinajstić information content (AvgIpc) is 2.50. The number of benzene rings is 1. The normalized spacial score (nSPS) is 12.0. The zero-order chi connectivity index (χ0) is 16.8. The minimum absolute atomic E-state index is 0.0542. The number of amides is 1. The van der Waals surface area contributed by atoms with Crippen LogP contribution in [-0.2, 0) is 0 Å². The van der Waals surface area contributed by atoms with Gasteiger partial charge >= 0.3 is 0 Å². The number of aliphatic hydroxyl groups excluding tert-OH is 1. The number of carbonyl (C=O) groups excluding carboxylic acids is 1. The standard InChI is InChI=1S/C18H22N2O2S/c1-12-6-7-16(13(2)11-12)23-18-15(5-4-9-19-18)17(22)20-14(3)8-10-21/h4-7,9,11,14,21H,8,10H2,1-3H3,(H,20,22)/t14-/m1/s1. The van der Waals surface area contributed by atoms with E-state index in [1.54, 1.807) is 18.3 Å². The average molecular weight is 330 g/mol. The van der Waals surface area contributed by atoms with Gasteiger partial charge in [0, 0.05) is 23.7 Å². The van der Waals surface area contributed by atoms with E-state index < -0.39 is 0 Å². The number of carbonyl (C=O) groups is 1. The van der Waals surface area contributed by atoms with Gasteiger partial charge in [-0.3, -0.25) is 4.79 Å². The Hall–Kier alpha value is -1.85. The number of aromatic nitrogens is 1. The van der Waals surface area contributed by atoms with Crippen LogP contribution >= 0.6 is 11.8 Å². The Kier molecular flexibility index (Phi) is 6.19. The molecule has 0 aliphatic carbocycles. The van der Waals surface area contributed by atoms with E-state index in [1.165, 1.54) is 22.9 Å². The molecule has 1 atom stereocenters. The number of pyridine rings is 1. The van der Waals surface area contributed by atoms with Gasteiger partial charge in [-0.15, -0.1) is 0 Å². The molecule has 0 unspecified atom stereocenters. The molecule has 1 aromatic carbocycles. The Labute approximate surface area is 141 Å². The summed E-state index contributed by atoms with van der Waals surface area (Å²) < 4.78 is 0. The molecule has 122 valence electrons. The molecule has 0 saturated carbocycles. The van der Waals surface area contributed by atoms with Gasteiger partial charge in [0.05, 0.1) is 5.56 Å².